The largest absolute Gasteiger partial charge is 0.492 e. The molecule has 1 atom stereocenters. The molecule has 1 aromatic rings. The Bertz CT molecular complexity index is 317. The van der Waals surface area contributed by atoms with E-state index in [0.29, 0.717) is 18.0 Å². The Kier molecular flexibility index (Phi) is 3.15. The maximum atomic E-state index is 8.51. The standard InChI is InChI=1S/C10H12N2O/c1-8(6-11)7-13-10-4-2-3-9(12)5-10/h2-5,8H,7,12H2,1H3. The molecule has 0 heterocycles. The van der Waals surface area contributed by atoms with Crippen LogP contribution in [0.15, 0.2) is 24.3 Å². The first-order valence-electron chi connectivity index (χ1n) is 4.10. The molecule has 3 heteroatoms. The minimum atomic E-state index is -0.0959. The molecule has 0 aliphatic heterocycles. The van der Waals surface area contributed by atoms with Gasteiger partial charge in [0.05, 0.1) is 12.0 Å². The lowest BCUT2D eigenvalue weighted by atomic mass is 10.2. The van der Waals surface area contributed by atoms with Crippen LogP contribution in [0.1, 0.15) is 6.92 Å². The molecule has 68 valence electrons. The van der Waals surface area contributed by atoms with Crippen LogP contribution < -0.4 is 10.5 Å². The summed E-state index contributed by atoms with van der Waals surface area (Å²) in [7, 11) is 0. The Morgan fingerprint density at radius 2 is 2.38 bits per heavy atom. The van der Waals surface area contributed by atoms with Crippen molar-refractivity contribution in [3.05, 3.63) is 24.3 Å². The topological polar surface area (TPSA) is 59.0 Å². The molecule has 0 aliphatic rings. The zero-order valence-electron chi connectivity index (χ0n) is 7.53. The molecule has 13 heavy (non-hydrogen) atoms. The van der Waals surface area contributed by atoms with Gasteiger partial charge in [0.1, 0.15) is 12.4 Å². The van der Waals surface area contributed by atoms with Crippen molar-refractivity contribution in [2.45, 2.75) is 6.92 Å². The van der Waals surface area contributed by atoms with Crippen molar-refractivity contribution in [3.63, 3.8) is 0 Å². The van der Waals surface area contributed by atoms with E-state index >= 15 is 0 Å². The summed E-state index contributed by atoms with van der Waals surface area (Å²) >= 11 is 0. The van der Waals surface area contributed by atoms with Gasteiger partial charge in [0.15, 0.2) is 0 Å². The van der Waals surface area contributed by atoms with Crippen LogP contribution in [-0.4, -0.2) is 6.61 Å². The van der Waals surface area contributed by atoms with Crippen molar-refractivity contribution in [1.29, 1.82) is 5.26 Å². The van der Waals surface area contributed by atoms with Gasteiger partial charge in [-0.25, -0.2) is 0 Å². The van der Waals surface area contributed by atoms with Gasteiger partial charge in [-0.05, 0) is 19.1 Å². The van der Waals surface area contributed by atoms with Crippen LogP contribution in [0.4, 0.5) is 5.69 Å². The summed E-state index contributed by atoms with van der Waals surface area (Å²) < 4.78 is 5.34. The minimum Gasteiger partial charge on any atom is -0.492 e. The lowest BCUT2D eigenvalue weighted by molar-refractivity contribution is 0.288. The first-order chi connectivity index (χ1) is 6.22. The number of anilines is 1. The number of ether oxygens (including phenoxy) is 1. The Morgan fingerprint density at radius 1 is 1.62 bits per heavy atom. The van der Waals surface area contributed by atoms with Gasteiger partial charge in [-0.1, -0.05) is 6.07 Å². The van der Waals surface area contributed by atoms with E-state index in [2.05, 4.69) is 6.07 Å². The average molecular weight is 176 g/mol. The van der Waals surface area contributed by atoms with Gasteiger partial charge < -0.3 is 10.5 Å². The maximum absolute atomic E-state index is 8.51. The van der Waals surface area contributed by atoms with E-state index in [1.165, 1.54) is 0 Å². The summed E-state index contributed by atoms with van der Waals surface area (Å²) in [4.78, 5) is 0. The van der Waals surface area contributed by atoms with E-state index in [9.17, 15) is 0 Å². The van der Waals surface area contributed by atoms with Crippen LogP contribution in [0.3, 0.4) is 0 Å². The number of nitrogens with two attached hydrogens (primary N) is 1. The average Bonchev–Trinajstić information content (AvgIpc) is 2.14. The third-order valence-corrected chi connectivity index (χ3v) is 1.58. The number of rotatable bonds is 3. The van der Waals surface area contributed by atoms with Crippen LogP contribution in [0, 0.1) is 17.2 Å². The van der Waals surface area contributed by atoms with E-state index in [1.54, 1.807) is 12.1 Å². The molecule has 1 aromatic carbocycles. The van der Waals surface area contributed by atoms with Crippen molar-refractivity contribution in [2.75, 3.05) is 12.3 Å². The molecule has 0 aromatic heterocycles. The van der Waals surface area contributed by atoms with Gasteiger partial charge >= 0.3 is 0 Å². The first-order valence-corrected chi connectivity index (χ1v) is 4.10. The van der Waals surface area contributed by atoms with Crippen LogP contribution >= 0.6 is 0 Å². The van der Waals surface area contributed by atoms with Gasteiger partial charge in [0.2, 0.25) is 0 Å². The number of nitriles is 1. The van der Waals surface area contributed by atoms with Gasteiger partial charge in [0, 0.05) is 11.8 Å². The van der Waals surface area contributed by atoms with Crippen LogP contribution in [-0.2, 0) is 0 Å². The molecule has 0 spiro atoms. The fourth-order valence-electron chi connectivity index (χ4n) is 0.863. The predicted molar refractivity (Wildman–Crippen MR) is 51.1 cm³/mol. The fourth-order valence-corrected chi connectivity index (χ4v) is 0.863. The SMILES string of the molecule is CC(C#N)COc1cccc(N)c1. The molecule has 0 radical (unpaired) electrons. The molecule has 1 rings (SSSR count). The highest BCUT2D eigenvalue weighted by Gasteiger charge is 2.00. The van der Waals surface area contributed by atoms with Crippen LogP contribution in [0.25, 0.3) is 0 Å². The summed E-state index contributed by atoms with van der Waals surface area (Å²) in [5, 5.41) is 8.51. The van der Waals surface area contributed by atoms with Gasteiger partial charge in [-0.2, -0.15) is 5.26 Å². The second kappa shape index (κ2) is 4.36. The fraction of sp³-hybridized carbons (Fsp3) is 0.300. The van der Waals surface area contributed by atoms with E-state index < -0.39 is 0 Å². The van der Waals surface area contributed by atoms with Gasteiger partial charge in [-0.15, -0.1) is 0 Å². The Morgan fingerprint density at radius 3 is 3.00 bits per heavy atom. The first kappa shape index (κ1) is 9.40. The molecule has 0 fully saturated rings. The highest BCUT2D eigenvalue weighted by molar-refractivity contribution is 5.43. The highest BCUT2D eigenvalue weighted by atomic mass is 16.5. The van der Waals surface area contributed by atoms with Crippen molar-refractivity contribution >= 4 is 5.69 Å². The summed E-state index contributed by atoms with van der Waals surface area (Å²) in [6.07, 6.45) is 0. The quantitative estimate of drug-likeness (QED) is 0.714. The van der Waals surface area contributed by atoms with Gasteiger partial charge in [0.25, 0.3) is 0 Å². The number of hydrogen-bond acceptors (Lipinski definition) is 3. The molecule has 1 unspecified atom stereocenters. The van der Waals surface area contributed by atoms with Crippen molar-refractivity contribution in [1.82, 2.24) is 0 Å². The number of nitrogens with zero attached hydrogens (tertiary/aromatic N) is 1. The lowest BCUT2D eigenvalue weighted by Gasteiger charge is -2.06. The third kappa shape index (κ3) is 3.04. The number of benzene rings is 1. The molecule has 0 bridgehead atoms. The van der Waals surface area contributed by atoms with Crippen molar-refractivity contribution in [2.24, 2.45) is 5.92 Å². The molecule has 0 saturated heterocycles. The Balaban J connectivity index is 2.51. The molecular formula is C10H12N2O. The number of hydrogen-bond donors (Lipinski definition) is 1. The summed E-state index contributed by atoms with van der Waals surface area (Å²) in [5.74, 6) is 0.614. The zero-order chi connectivity index (χ0) is 9.68. The molecule has 2 N–H and O–H groups in total. The Hall–Kier alpha value is -1.69. The Labute approximate surface area is 77.7 Å². The van der Waals surface area contributed by atoms with Gasteiger partial charge in [-0.3, -0.25) is 0 Å². The molecule has 3 nitrogen and oxygen atoms in total. The van der Waals surface area contributed by atoms with Crippen LogP contribution in [0.5, 0.6) is 5.75 Å². The summed E-state index contributed by atoms with van der Waals surface area (Å²) in [6.45, 7) is 2.21. The van der Waals surface area contributed by atoms with E-state index in [1.807, 2.05) is 19.1 Å². The van der Waals surface area contributed by atoms with Crippen molar-refractivity contribution < 1.29 is 4.74 Å². The summed E-state index contributed by atoms with van der Waals surface area (Å²) in [5.41, 5.74) is 6.22. The molecule has 0 saturated carbocycles. The normalized spacial score (nSPS) is 11.7. The minimum absolute atomic E-state index is 0.0959. The van der Waals surface area contributed by atoms with E-state index in [0.717, 1.165) is 0 Å². The van der Waals surface area contributed by atoms with Crippen LogP contribution in [0.2, 0.25) is 0 Å². The maximum Gasteiger partial charge on any atom is 0.121 e. The smallest absolute Gasteiger partial charge is 0.121 e. The second-order valence-corrected chi connectivity index (χ2v) is 2.91. The molecule has 0 aliphatic carbocycles. The lowest BCUT2D eigenvalue weighted by Crippen LogP contribution is -2.06. The highest BCUT2D eigenvalue weighted by Crippen LogP contribution is 2.14. The zero-order valence-corrected chi connectivity index (χ0v) is 7.53. The monoisotopic (exact) mass is 176 g/mol. The molecule has 0 amide bonds. The van der Waals surface area contributed by atoms with E-state index in [4.69, 9.17) is 15.7 Å². The predicted octanol–water partition coefficient (Wildman–Crippen LogP) is 1.81. The third-order valence-electron chi connectivity index (χ3n) is 1.58. The number of nitrogen functional groups attached to an aromatic ring is 1. The molecular weight excluding hydrogens is 164 g/mol. The van der Waals surface area contributed by atoms with E-state index in [-0.39, 0.29) is 5.92 Å². The summed E-state index contributed by atoms with van der Waals surface area (Å²) in [6, 6.07) is 9.27. The van der Waals surface area contributed by atoms with Crippen molar-refractivity contribution in [3.8, 4) is 11.8 Å². The second-order valence-electron chi connectivity index (χ2n) is 2.91.